The number of ether oxygens (including phenoxy) is 3. The van der Waals surface area contributed by atoms with Gasteiger partial charge in [0.2, 0.25) is 0 Å². The van der Waals surface area contributed by atoms with Gasteiger partial charge in [-0.25, -0.2) is 4.79 Å². The molecule has 0 fully saturated rings. The van der Waals surface area contributed by atoms with Crippen molar-refractivity contribution in [2.75, 3.05) is 7.11 Å². The first-order valence-corrected chi connectivity index (χ1v) is 8.06. The van der Waals surface area contributed by atoms with Crippen LogP contribution in [0.4, 0.5) is 0 Å². The molecule has 1 aliphatic rings. The normalized spacial score (nSPS) is 18.2. The van der Waals surface area contributed by atoms with Crippen molar-refractivity contribution in [3.05, 3.63) is 22.8 Å². The van der Waals surface area contributed by atoms with Gasteiger partial charge < -0.3 is 24.4 Å². The van der Waals surface area contributed by atoms with Gasteiger partial charge in [0.1, 0.15) is 29.3 Å². The molecule has 7 nitrogen and oxygen atoms in total. The predicted molar refractivity (Wildman–Crippen MR) is 88.8 cm³/mol. The van der Waals surface area contributed by atoms with Crippen molar-refractivity contribution >= 4 is 11.9 Å². The number of phenols is 1. The van der Waals surface area contributed by atoms with Crippen LogP contribution in [-0.2, 0) is 27.1 Å². The molecule has 2 rings (SSSR count). The Morgan fingerprint density at radius 2 is 2.12 bits per heavy atom. The number of cyclic esters (lactones) is 1. The highest BCUT2D eigenvalue weighted by Crippen LogP contribution is 2.39. The van der Waals surface area contributed by atoms with E-state index in [4.69, 9.17) is 14.2 Å². The smallest absolute Gasteiger partial charge is 0.342 e. The van der Waals surface area contributed by atoms with E-state index in [0.717, 1.165) is 0 Å². The molecule has 0 saturated heterocycles. The fourth-order valence-corrected chi connectivity index (χ4v) is 2.92. The molecule has 7 heteroatoms. The fourth-order valence-electron chi connectivity index (χ4n) is 2.92. The quantitative estimate of drug-likeness (QED) is 0.778. The molecule has 0 aromatic heterocycles. The number of aliphatic hydroxyl groups is 1. The van der Waals surface area contributed by atoms with Gasteiger partial charge in [-0.1, -0.05) is 0 Å². The van der Waals surface area contributed by atoms with Crippen LogP contribution in [0, 0.1) is 0 Å². The summed E-state index contributed by atoms with van der Waals surface area (Å²) in [5.41, 5.74) is -0.352. The zero-order chi connectivity index (χ0) is 18.9. The Balaban J connectivity index is 2.51. The lowest BCUT2D eigenvalue weighted by Gasteiger charge is -2.30. The summed E-state index contributed by atoms with van der Waals surface area (Å²) >= 11 is 0. The molecule has 1 aliphatic heterocycles. The van der Waals surface area contributed by atoms with Crippen LogP contribution in [0.2, 0.25) is 0 Å². The Morgan fingerprint density at radius 1 is 1.48 bits per heavy atom. The first-order chi connectivity index (χ1) is 11.5. The summed E-state index contributed by atoms with van der Waals surface area (Å²) in [4.78, 5) is 23.5. The first-order valence-electron chi connectivity index (χ1n) is 8.06. The molecule has 2 atom stereocenters. The van der Waals surface area contributed by atoms with Crippen molar-refractivity contribution in [1.82, 2.24) is 0 Å². The highest BCUT2D eigenvalue weighted by Gasteiger charge is 2.35. The van der Waals surface area contributed by atoms with Gasteiger partial charge >= 0.3 is 11.9 Å². The number of carbonyl (C=O) groups is 2. The lowest BCUT2D eigenvalue weighted by Crippen LogP contribution is -2.41. The van der Waals surface area contributed by atoms with Crippen LogP contribution >= 0.6 is 0 Å². The highest BCUT2D eigenvalue weighted by atomic mass is 16.6. The maximum atomic E-state index is 12.2. The Morgan fingerprint density at radius 3 is 2.64 bits per heavy atom. The minimum Gasteiger partial charge on any atom is -0.507 e. The molecule has 0 radical (unpaired) electrons. The Kier molecular flexibility index (Phi) is 5.27. The number of hydrogen-bond donors (Lipinski definition) is 2. The van der Waals surface area contributed by atoms with Gasteiger partial charge in [-0.15, -0.1) is 0 Å². The molecule has 0 amide bonds. The van der Waals surface area contributed by atoms with E-state index < -0.39 is 23.6 Å². The van der Waals surface area contributed by atoms with Gasteiger partial charge in [0.25, 0.3) is 0 Å². The molecule has 1 heterocycles. The topological polar surface area (TPSA) is 102 Å². The second-order valence-corrected chi connectivity index (χ2v) is 6.82. The summed E-state index contributed by atoms with van der Waals surface area (Å²) in [7, 11) is 1.44. The SMILES string of the molecule is COc1cc2c(c(O)c1C[C@H](OC(C)=O)C(C)(C)O)C(=O)O[C@@H](C)C2. The summed E-state index contributed by atoms with van der Waals surface area (Å²) in [6.45, 7) is 6.00. The van der Waals surface area contributed by atoms with Crippen LogP contribution in [0.5, 0.6) is 11.5 Å². The standard InChI is InChI=1S/C18H24O7/c1-9-6-11-7-13(23-5)12(16(20)15(11)17(21)24-9)8-14(18(3,4)22)25-10(2)19/h7,9,14,20,22H,6,8H2,1-5H3/t9-,14-/m0/s1. The zero-order valence-corrected chi connectivity index (χ0v) is 15.1. The van der Waals surface area contributed by atoms with E-state index in [9.17, 15) is 19.8 Å². The van der Waals surface area contributed by atoms with Crippen LogP contribution < -0.4 is 4.74 Å². The third-order valence-corrected chi connectivity index (χ3v) is 4.17. The van der Waals surface area contributed by atoms with Crippen molar-refractivity contribution in [2.24, 2.45) is 0 Å². The molecular weight excluding hydrogens is 328 g/mol. The van der Waals surface area contributed by atoms with Crippen molar-refractivity contribution in [2.45, 2.75) is 58.3 Å². The number of esters is 2. The molecule has 2 N–H and O–H groups in total. The number of hydrogen-bond acceptors (Lipinski definition) is 7. The molecule has 1 aromatic rings. The van der Waals surface area contributed by atoms with E-state index in [2.05, 4.69) is 0 Å². The number of phenolic OH excluding ortho intramolecular Hbond substituents is 1. The monoisotopic (exact) mass is 352 g/mol. The highest BCUT2D eigenvalue weighted by molar-refractivity contribution is 5.96. The molecular formula is C18H24O7. The number of aromatic hydroxyl groups is 1. The second kappa shape index (κ2) is 6.92. The minimum atomic E-state index is -1.35. The third kappa shape index (κ3) is 4.04. The Bertz CT molecular complexity index is 688. The fraction of sp³-hybridized carbons (Fsp3) is 0.556. The molecule has 25 heavy (non-hydrogen) atoms. The molecule has 0 spiro atoms. The van der Waals surface area contributed by atoms with Crippen LogP contribution in [0.1, 0.15) is 49.2 Å². The Labute approximate surface area is 146 Å². The van der Waals surface area contributed by atoms with E-state index in [0.29, 0.717) is 17.7 Å². The van der Waals surface area contributed by atoms with Gasteiger partial charge in [0.15, 0.2) is 0 Å². The van der Waals surface area contributed by atoms with E-state index in [-0.39, 0.29) is 29.4 Å². The van der Waals surface area contributed by atoms with E-state index in [1.54, 1.807) is 13.0 Å². The van der Waals surface area contributed by atoms with Gasteiger partial charge in [-0.2, -0.15) is 0 Å². The molecule has 0 saturated carbocycles. The number of fused-ring (bicyclic) bond motifs is 1. The van der Waals surface area contributed by atoms with Crippen molar-refractivity contribution in [1.29, 1.82) is 0 Å². The second-order valence-electron chi connectivity index (χ2n) is 6.82. The molecule has 138 valence electrons. The maximum absolute atomic E-state index is 12.2. The zero-order valence-electron chi connectivity index (χ0n) is 15.1. The number of rotatable bonds is 5. The van der Waals surface area contributed by atoms with Crippen LogP contribution in [0.25, 0.3) is 0 Å². The van der Waals surface area contributed by atoms with Gasteiger partial charge in [0.05, 0.1) is 12.7 Å². The van der Waals surface area contributed by atoms with Crippen molar-refractivity contribution in [3.8, 4) is 11.5 Å². The van der Waals surface area contributed by atoms with Gasteiger partial charge in [0, 0.05) is 25.3 Å². The third-order valence-electron chi connectivity index (χ3n) is 4.17. The summed E-state index contributed by atoms with van der Waals surface area (Å²) in [5.74, 6) is -1.08. The van der Waals surface area contributed by atoms with E-state index in [1.165, 1.54) is 27.9 Å². The lowest BCUT2D eigenvalue weighted by atomic mass is 9.89. The van der Waals surface area contributed by atoms with Crippen molar-refractivity contribution in [3.63, 3.8) is 0 Å². The number of carbonyl (C=O) groups excluding carboxylic acids is 2. The minimum absolute atomic E-state index is 0.0196. The van der Waals surface area contributed by atoms with Crippen LogP contribution in [0.3, 0.4) is 0 Å². The summed E-state index contributed by atoms with van der Waals surface area (Å²) < 4.78 is 15.7. The number of methoxy groups -OCH3 is 1. The first kappa shape index (κ1) is 19.1. The van der Waals surface area contributed by atoms with E-state index >= 15 is 0 Å². The molecule has 0 bridgehead atoms. The summed E-state index contributed by atoms with van der Waals surface area (Å²) in [5, 5.41) is 20.9. The van der Waals surface area contributed by atoms with E-state index in [1.807, 2.05) is 0 Å². The molecule has 0 unspecified atom stereocenters. The van der Waals surface area contributed by atoms with Gasteiger partial charge in [-0.05, 0) is 32.4 Å². The average molecular weight is 352 g/mol. The largest absolute Gasteiger partial charge is 0.507 e. The molecule has 0 aliphatic carbocycles. The summed E-state index contributed by atoms with van der Waals surface area (Å²) in [6.07, 6.45) is -0.778. The van der Waals surface area contributed by atoms with Crippen LogP contribution in [-0.4, -0.2) is 47.1 Å². The Hall–Kier alpha value is -2.28. The number of benzene rings is 1. The van der Waals surface area contributed by atoms with Gasteiger partial charge in [-0.3, -0.25) is 4.79 Å². The molecule has 1 aromatic carbocycles. The predicted octanol–water partition coefficient (Wildman–Crippen LogP) is 1.75. The van der Waals surface area contributed by atoms with Crippen LogP contribution in [0.15, 0.2) is 6.07 Å². The van der Waals surface area contributed by atoms with Crippen molar-refractivity contribution < 1.29 is 34.0 Å². The lowest BCUT2D eigenvalue weighted by molar-refractivity contribution is -0.159. The maximum Gasteiger partial charge on any atom is 0.342 e. The average Bonchev–Trinajstić information content (AvgIpc) is 2.46. The summed E-state index contributed by atoms with van der Waals surface area (Å²) in [6, 6.07) is 1.68.